The molecule has 0 heterocycles. The van der Waals surface area contributed by atoms with Crippen molar-refractivity contribution in [3.8, 4) is 0 Å². The van der Waals surface area contributed by atoms with Crippen LogP contribution in [0.3, 0.4) is 0 Å². The molecule has 0 radical (unpaired) electrons. The largest absolute Gasteiger partial charge is 0.456 e. The molecule has 0 amide bonds. The summed E-state index contributed by atoms with van der Waals surface area (Å²) in [5.41, 5.74) is 2.31. The van der Waals surface area contributed by atoms with Gasteiger partial charge in [-0.3, -0.25) is 0 Å². The van der Waals surface area contributed by atoms with Crippen molar-refractivity contribution in [2.45, 2.75) is 37.9 Å². The van der Waals surface area contributed by atoms with E-state index in [1.807, 2.05) is 60.7 Å². The molecule has 0 fully saturated rings. The van der Waals surface area contributed by atoms with Crippen molar-refractivity contribution in [1.29, 1.82) is 0 Å². The van der Waals surface area contributed by atoms with E-state index in [1.54, 1.807) is 6.07 Å². The zero-order chi connectivity index (χ0) is 18.3. The Balaban J connectivity index is 1.61. The monoisotopic (exact) mass is 346 g/mol. The maximum Gasteiger partial charge on any atom is 0.338 e. The van der Waals surface area contributed by atoms with Crippen molar-refractivity contribution >= 4 is 16.7 Å². The minimum atomic E-state index is -0.802. The molecule has 132 valence electrons. The summed E-state index contributed by atoms with van der Waals surface area (Å²) in [7, 11) is 0. The zero-order valence-corrected chi connectivity index (χ0v) is 15.0. The maximum atomic E-state index is 12.7. The molecule has 0 aromatic heterocycles. The summed E-state index contributed by atoms with van der Waals surface area (Å²) in [5.74, 6) is -0.394. The number of hydrogen-bond acceptors (Lipinski definition) is 3. The summed E-state index contributed by atoms with van der Waals surface area (Å²) in [4.78, 5) is 12.7. The third kappa shape index (κ3) is 2.89. The van der Waals surface area contributed by atoms with Crippen LogP contribution >= 0.6 is 0 Å². The Bertz CT molecular complexity index is 974. The number of esters is 1. The highest BCUT2D eigenvalue weighted by molar-refractivity contribution is 5.95. The first-order valence-corrected chi connectivity index (χ1v) is 8.93. The Morgan fingerprint density at radius 3 is 2.50 bits per heavy atom. The second-order valence-corrected chi connectivity index (χ2v) is 7.63. The molecule has 3 heteroatoms. The number of aliphatic hydroxyl groups excluding tert-OH is 1. The smallest absolute Gasteiger partial charge is 0.338 e. The van der Waals surface area contributed by atoms with Crippen LogP contribution in [0.5, 0.6) is 0 Å². The van der Waals surface area contributed by atoms with Gasteiger partial charge in [-0.15, -0.1) is 0 Å². The number of carbonyl (C=O) groups excluding carboxylic acids is 1. The second kappa shape index (κ2) is 6.26. The van der Waals surface area contributed by atoms with Gasteiger partial charge in [0.25, 0.3) is 0 Å². The highest BCUT2D eigenvalue weighted by atomic mass is 16.6. The third-order valence-corrected chi connectivity index (χ3v) is 5.32. The molecule has 1 aliphatic carbocycles. The van der Waals surface area contributed by atoms with Gasteiger partial charge in [-0.2, -0.15) is 0 Å². The summed E-state index contributed by atoms with van der Waals surface area (Å²) in [6.07, 6.45) is -0.771. The Labute approximate surface area is 153 Å². The molecule has 0 saturated heterocycles. The summed E-state index contributed by atoms with van der Waals surface area (Å²) in [5, 5.41) is 12.8. The molecule has 3 aromatic rings. The standard InChI is InChI=1S/C23H22O3/c1-23(2)14-20(21(24)18-9-5-6-10-19(18)23)26-22(25)17-12-11-15-7-3-4-8-16(15)13-17/h3-13,20-21,24H,14H2,1-2H3. The van der Waals surface area contributed by atoms with E-state index >= 15 is 0 Å². The third-order valence-electron chi connectivity index (χ3n) is 5.32. The molecule has 1 aliphatic rings. The highest BCUT2D eigenvalue weighted by Crippen LogP contribution is 2.42. The Morgan fingerprint density at radius 2 is 1.69 bits per heavy atom. The summed E-state index contributed by atoms with van der Waals surface area (Å²) in [6, 6.07) is 21.3. The van der Waals surface area contributed by atoms with Crippen LogP contribution in [-0.4, -0.2) is 17.2 Å². The molecule has 0 bridgehead atoms. The lowest BCUT2D eigenvalue weighted by Gasteiger charge is -2.39. The number of benzene rings is 3. The molecule has 26 heavy (non-hydrogen) atoms. The summed E-state index contributed by atoms with van der Waals surface area (Å²) in [6.45, 7) is 4.24. The van der Waals surface area contributed by atoms with Crippen LogP contribution in [0.25, 0.3) is 10.8 Å². The molecular formula is C23H22O3. The molecule has 2 atom stereocenters. The van der Waals surface area contributed by atoms with E-state index in [0.29, 0.717) is 12.0 Å². The van der Waals surface area contributed by atoms with Crippen LogP contribution in [0, 0.1) is 0 Å². The molecule has 0 spiro atoms. The van der Waals surface area contributed by atoms with Crippen LogP contribution in [0.15, 0.2) is 66.7 Å². The first-order valence-electron chi connectivity index (χ1n) is 8.93. The molecule has 2 unspecified atom stereocenters. The molecular weight excluding hydrogens is 324 g/mol. The average molecular weight is 346 g/mol. The lowest BCUT2D eigenvalue weighted by atomic mass is 9.70. The van der Waals surface area contributed by atoms with Gasteiger partial charge in [-0.25, -0.2) is 4.79 Å². The highest BCUT2D eigenvalue weighted by Gasteiger charge is 2.40. The van der Waals surface area contributed by atoms with Crippen LogP contribution < -0.4 is 0 Å². The average Bonchev–Trinajstić information content (AvgIpc) is 2.65. The minimum Gasteiger partial charge on any atom is -0.456 e. The van der Waals surface area contributed by atoms with Crippen molar-refractivity contribution in [2.24, 2.45) is 0 Å². The quantitative estimate of drug-likeness (QED) is 0.679. The fourth-order valence-corrected chi connectivity index (χ4v) is 3.92. The Morgan fingerprint density at radius 1 is 1.00 bits per heavy atom. The van der Waals surface area contributed by atoms with E-state index in [-0.39, 0.29) is 5.41 Å². The summed E-state index contributed by atoms with van der Waals surface area (Å²) >= 11 is 0. The topological polar surface area (TPSA) is 46.5 Å². The maximum absolute atomic E-state index is 12.7. The van der Waals surface area contributed by atoms with Gasteiger partial charge in [0, 0.05) is 0 Å². The zero-order valence-electron chi connectivity index (χ0n) is 15.0. The normalized spacial score (nSPS) is 21.2. The molecule has 3 aromatic carbocycles. The first kappa shape index (κ1) is 16.8. The van der Waals surface area contributed by atoms with Crippen LogP contribution in [0.1, 0.15) is 47.9 Å². The number of hydrogen-bond donors (Lipinski definition) is 1. The van der Waals surface area contributed by atoms with Crippen molar-refractivity contribution in [1.82, 2.24) is 0 Å². The first-order chi connectivity index (χ1) is 12.5. The molecule has 0 saturated carbocycles. The van der Waals surface area contributed by atoms with Gasteiger partial charge in [0.2, 0.25) is 0 Å². The van der Waals surface area contributed by atoms with Crippen molar-refractivity contribution < 1.29 is 14.6 Å². The van der Waals surface area contributed by atoms with Gasteiger partial charge in [-0.1, -0.05) is 68.4 Å². The van der Waals surface area contributed by atoms with Crippen LogP contribution in [0.4, 0.5) is 0 Å². The predicted octanol–water partition coefficient (Wildman–Crippen LogP) is 4.78. The van der Waals surface area contributed by atoms with Crippen LogP contribution in [0.2, 0.25) is 0 Å². The molecule has 4 rings (SSSR count). The van der Waals surface area contributed by atoms with Crippen molar-refractivity contribution in [3.05, 3.63) is 83.4 Å². The van der Waals surface area contributed by atoms with E-state index in [2.05, 4.69) is 13.8 Å². The number of fused-ring (bicyclic) bond motifs is 2. The lowest BCUT2D eigenvalue weighted by molar-refractivity contribution is -0.0371. The van der Waals surface area contributed by atoms with E-state index in [1.165, 1.54) is 0 Å². The molecule has 3 nitrogen and oxygen atoms in total. The Kier molecular flexibility index (Phi) is 4.04. The SMILES string of the molecule is CC1(C)CC(OC(=O)c2ccc3ccccc3c2)C(O)c2ccccc21. The van der Waals surface area contributed by atoms with E-state index in [4.69, 9.17) is 4.74 Å². The fourth-order valence-electron chi connectivity index (χ4n) is 3.92. The van der Waals surface area contributed by atoms with Crippen molar-refractivity contribution in [2.75, 3.05) is 0 Å². The number of aliphatic hydroxyl groups is 1. The van der Waals surface area contributed by atoms with Gasteiger partial charge in [0.15, 0.2) is 0 Å². The minimum absolute atomic E-state index is 0.163. The second-order valence-electron chi connectivity index (χ2n) is 7.63. The summed E-state index contributed by atoms with van der Waals surface area (Å²) < 4.78 is 5.74. The number of carbonyl (C=O) groups is 1. The predicted molar refractivity (Wildman–Crippen MR) is 102 cm³/mol. The van der Waals surface area contributed by atoms with Gasteiger partial charge in [-0.05, 0) is 45.9 Å². The van der Waals surface area contributed by atoms with Gasteiger partial charge in [0.1, 0.15) is 12.2 Å². The van der Waals surface area contributed by atoms with Gasteiger partial charge >= 0.3 is 5.97 Å². The van der Waals surface area contributed by atoms with E-state index < -0.39 is 18.2 Å². The van der Waals surface area contributed by atoms with Crippen molar-refractivity contribution in [3.63, 3.8) is 0 Å². The van der Waals surface area contributed by atoms with Gasteiger partial charge < -0.3 is 9.84 Å². The number of rotatable bonds is 2. The molecule has 1 N–H and O–H groups in total. The van der Waals surface area contributed by atoms with Gasteiger partial charge in [0.05, 0.1) is 5.56 Å². The lowest BCUT2D eigenvalue weighted by Crippen LogP contribution is -2.38. The molecule has 0 aliphatic heterocycles. The van der Waals surface area contributed by atoms with Crippen LogP contribution in [-0.2, 0) is 10.2 Å². The fraction of sp³-hybridized carbons (Fsp3) is 0.261. The van der Waals surface area contributed by atoms with E-state index in [9.17, 15) is 9.90 Å². The Hall–Kier alpha value is -2.65. The number of ether oxygens (including phenoxy) is 1. The van der Waals surface area contributed by atoms with E-state index in [0.717, 1.165) is 21.9 Å².